The van der Waals surface area contributed by atoms with Gasteiger partial charge in [0, 0.05) is 6.08 Å². The molecule has 68 valence electrons. The van der Waals surface area contributed by atoms with Gasteiger partial charge >= 0.3 is 5.97 Å². The molecule has 1 rings (SSSR count). The summed E-state index contributed by atoms with van der Waals surface area (Å²) in [7, 11) is 0. The quantitative estimate of drug-likeness (QED) is 0.706. The Morgan fingerprint density at radius 3 is 2.77 bits per heavy atom. The number of rotatable bonds is 2. The number of hydrogen-bond acceptors (Lipinski definition) is 2. The van der Waals surface area contributed by atoms with Crippen LogP contribution in [0.4, 0.5) is 4.39 Å². The second-order valence-corrected chi connectivity index (χ2v) is 2.53. The molecule has 1 N–H and O–H groups in total. The fourth-order valence-electron chi connectivity index (χ4n) is 0.868. The molecule has 3 nitrogen and oxygen atoms in total. The van der Waals surface area contributed by atoms with E-state index in [4.69, 9.17) is 5.11 Å². The van der Waals surface area contributed by atoms with E-state index in [9.17, 15) is 9.18 Å². The van der Waals surface area contributed by atoms with Crippen LogP contribution in [-0.4, -0.2) is 16.1 Å². The molecular formula is C9H8FNO2. The molecular weight excluding hydrogens is 173 g/mol. The van der Waals surface area contributed by atoms with Crippen molar-refractivity contribution >= 4 is 11.5 Å². The Morgan fingerprint density at radius 1 is 1.62 bits per heavy atom. The number of carboxylic acid groups (broad SMARTS) is 1. The normalized spacial score (nSPS) is 11.4. The minimum Gasteiger partial charge on any atom is -0.478 e. The van der Waals surface area contributed by atoms with Crippen LogP contribution in [0.5, 0.6) is 0 Å². The number of aromatic nitrogens is 1. The summed E-state index contributed by atoms with van der Waals surface area (Å²) < 4.78 is 12.4. The number of aliphatic carboxylic acids is 1. The predicted molar refractivity (Wildman–Crippen MR) is 45.5 cm³/mol. The van der Waals surface area contributed by atoms with Gasteiger partial charge in [-0.25, -0.2) is 9.18 Å². The molecule has 1 heterocycles. The van der Waals surface area contributed by atoms with E-state index in [2.05, 4.69) is 4.98 Å². The van der Waals surface area contributed by atoms with Crippen LogP contribution in [-0.2, 0) is 4.79 Å². The molecule has 0 spiro atoms. The van der Waals surface area contributed by atoms with E-state index in [1.54, 1.807) is 6.92 Å². The lowest BCUT2D eigenvalue weighted by Gasteiger charge is -1.97. The smallest absolute Gasteiger partial charge is 0.328 e. The Balaban J connectivity index is 2.96. The second-order valence-electron chi connectivity index (χ2n) is 2.53. The van der Waals surface area contributed by atoms with E-state index in [0.717, 1.165) is 12.3 Å². The lowest BCUT2D eigenvalue weighted by Crippen LogP contribution is -1.92. The highest BCUT2D eigenvalue weighted by molar-refractivity contribution is 5.88. The molecule has 0 aliphatic carbocycles. The highest BCUT2D eigenvalue weighted by Gasteiger charge is 1.99. The van der Waals surface area contributed by atoms with Crippen molar-refractivity contribution in [2.75, 3.05) is 0 Å². The van der Waals surface area contributed by atoms with Crippen LogP contribution in [0, 0.1) is 5.82 Å². The van der Waals surface area contributed by atoms with E-state index < -0.39 is 11.8 Å². The molecule has 1 aromatic rings. The largest absolute Gasteiger partial charge is 0.478 e. The Kier molecular flexibility index (Phi) is 2.74. The standard InChI is InChI=1S/C9H8FNO2/c1-6(4-9(12)13)8-3-2-7(10)5-11-8/h2-5H,1H3,(H,12,13). The highest BCUT2D eigenvalue weighted by atomic mass is 19.1. The highest BCUT2D eigenvalue weighted by Crippen LogP contribution is 2.10. The SMILES string of the molecule is CC(=CC(=O)O)c1ccc(F)cn1. The summed E-state index contributed by atoms with van der Waals surface area (Å²) in [6.07, 6.45) is 2.08. The number of hydrogen-bond donors (Lipinski definition) is 1. The van der Waals surface area contributed by atoms with Crippen LogP contribution in [0.3, 0.4) is 0 Å². The molecule has 1 aromatic heterocycles. The molecule has 0 radical (unpaired) electrons. The van der Waals surface area contributed by atoms with E-state index in [-0.39, 0.29) is 0 Å². The van der Waals surface area contributed by atoms with E-state index in [0.29, 0.717) is 11.3 Å². The Labute approximate surface area is 74.5 Å². The van der Waals surface area contributed by atoms with Crippen molar-refractivity contribution in [1.82, 2.24) is 4.98 Å². The third kappa shape index (κ3) is 2.66. The number of carbonyl (C=O) groups is 1. The summed E-state index contributed by atoms with van der Waals surface area (Å²) in [5.74, 6) is -1.48. The van der Waals surface area contributed by atoms with Crippen molar-refractivity contribution < 1.29 is 14.3 Å². The van der Waals surface area contributed by atoms with Gasteiger partial charge in [-0.3, -0.25) is 4.98 Å². The van der Waals surface area contributed by atoms with Crippen LogP contribution in [0.2, 0.25) is 0 Å². The maximum Gasteiger partial charge on any atom is 0.328 e. The fraction of sp³-hybridized carbons (Fsp3) is 0.111. The van der Waals surface area contributed by atoms with Crippen molar-refractivity contribution in [3.63, 3.8) is 0 Å². The van der Waals surface area contributed by atoms with Crippen LogP contribution in [0.15, 0.2) is 24.4 Å². The molecule has 0 saturated heterocycles. The third-order valence-electron chi connectivity index (χ3n) is 1.47. The number of carboxylic acids is 1. The van der Waals surface area contributed by atoms with Gasteiger partial charge in [-0.05, 0) is 24.6 Å². The first-order chi connectivity index (χ1) is 6.09. The second kappa shape index (κ2) is 3.80. The predicted octanol–water partition coefficient (Wildman–Crippen LogP) is 1.71. The first-order valence-corrected chi connectivity index (χ1v) is 3.63. The van der Waals surface area contributed by atoms with Gasteiger partial charge in [0.25, 0.3) is 0 Å². The van der Waals surface area contributed by atoms with E-state index >= 15 is 0 Å². The zero-order valence-corrected chi connectivity index (χ0v) is 6.99. The van der Waals surface area contributed by atoms with E-state index in [1.165, 1.54) is 12.1 Å². The summed E-state index contributed by atoms with van der Waals surface area (Å²) in [4.78, 5) is 14.0. The van der Waals surface area contributed by atoms with Gasteiger partial charge in [0.2, 0.25) is 0 Å². The van der Waals surface area contributed by atoms with Gasteiger partial charge in [-0.15, -0.1) is 0 Å². The molecule has 13 heavy (non-hydrogen) atoms. The molecule has 0 unspecified atom stereocenters. The first-order valence-electron chi connectivity index (χ1n) is 3.63. The molecule has 0 aromatic carbocycles. The lowest BCUT2D eigenvalue weighted by atomic mass is 10.2. The minimum absolute atomic E-state index is 0.438. The Bertz CT molecular complexity index is 343. The number of allylic oxidation sites excluding steroid dienone is 1. The maximum absolute atomic E-state index is 12.4. The fourth-order valence-corrected chi connectivity index (χ4v) is 0.868. The van der Waals surface area contributed by atoms with Crippen molar-refractivity contribution in [3.8, 4) is 0 Å². The van der Waals surface area contributed by atoms with E-state index in [1.807, 2.05) is 0 Å². The van der Waals surface area contributed by atoms with Gasteiger partial charge < -0.3 is 5.11 Å². The molecule has 0 saturated carbocycles. The zero-order valence-electron chi connectivity index (χ0n) is 6.99. The average molecular weight is 181 g/mol. The molecule has 0 aliphatic rings. The first kappa shape index (κ1) is 9.38. The third-order valence-corrected chi connectivity index (χ3v) is 1.47. The van der Waals surface area contributed by atoms with Gasteiger partial charge in [0.1, 0.15) is 5.82 Å². The van der Waals surface area contributed by atoms with Crippen molar-refractivity contribution in [2.45, 2.75) is 6.92 Å². The molecule has 4 heteroatoms. The number of halogens is 1. The summed E-state index contributed by atoms with van der Waals surface area (Å²) in [6.45, 7) is 1.61. The van der Waals surface area contributed by atoms with Gasteiger partial charge in [0.15, 0.2) is 0 Å². The monoisotopic (exact) mass is 181 g/mol. The summed E-state index contributed by atoms with van der Waals surface area (Å²) in [5.41, 5.74) is 0.955. The summed E-state index contributed by atoms with van der Waals surface area (Å²) in [6, 6.07) is 2.67. The zero-order chi connectivity index (χ0) is 9.84. The topological polar surface area (TPSA) is 50.2 Å². The van der Waals surface area contributed by atoms with Gasteiger partial charge in [-0.1, -0.05) is 0 Å². The van der Waals surface area contributed by atoms with Crippen molar-refractivity contribution in [3.05, 3.63) is 35.9 Å². The summed E-state index contributed by atoms with van der Waals surface area (Å²) >= 11 is 0. The molecule has 0 aliphatic heterocycles. The van der Waals surface area contributed by atoms with Gasteiger partial charge in [0.05, 0.1) is 11.9 Å². The molecule has 0 amide bonds. The molecule has 0 atom stereocenters. The molecule has 0 fully saturated rings. The lowest BCUT2D eigenvalue weighted by molar-refractivity contribution is -0.131. The number of pyridine rings is 1. The van der Waals surface area contributed by atoms with Crippen LogP contribution < -0.4 is 0 Å². The van der Waals surface area contributed by atoms with Crippen molar-refractivity contribution in [2.24, 2.45) is 0 Å². The summed E-state index contributed by atoms with van der Waals surface area (Å²) in [5, 5.41) is 8.42. The maximum atomic E-state index is 12.4. The van der Waals surface area contributed by atoms with Crippen LogP contribution in [0.25, 0.3) is 5.57 Å². The number of nitrogens with zero attached hydrogens (tertiary/aromatic N) is 1. The Morgan fingerprint density at radius 2 is 2.31 bits per heavy atom. The van der Waals surface area contributed by atoms with Crippen LogP contribution >= 0.6 is 0 Å². The minimum atomic E-state index is -1.04. The Hall–Kier alpha value is -1.71. The van der Waals surface area contributed by atoms with Crippen LogP contribution in [0.1, 0.15) is 12.6 Å². The average Bonchev–Trinajstić information content (AvgIpc) is 2.04. The van der Waals surface area contributed by atoms with Crippen molar-refractivity contribution in [1.29, 1.82) is 0 Å². The molecule has 0 bridgehead atoms. The van der Waals surface area contributed by atoms with Gasteiger partial charge in [-0.2, -0.15) is 0 Å².